The van der Waals surface area contributed by atoms with E-state index in [2.05, 4.69) is 0 Å². The van der Waals surface area contributed by atoms with Gasteiger partial charge in [-0.2, -0.15) is 4.31 Å². The third-order valence-electron chi connectivity index (χ3n) is 2.92. The van der Waals surface area contributed by atoms with Crippen LogP contribution >= 0.6 is 0 Å². The van der Waals surface area contributed by atoms with Crippen molar-refractivity contribution < 1.29 is 13.5 Å². The smallest absolute Gasteiger partial charge is 0.243 e. The third kappa shape index (κ3) is 4.01. The molecule has 0 spiro atoms. The zero-order valence-corrected chi connectivity index (χ0v) is 12.1. The Hall–Kier alpha value is -0.950. The summed E-state index contributed by atoms with van der Waals surface area (Å²) in [5, 5.41) is 9.04. The first kappa shape index (κ1) is 16.1. The normalized spacial score (nSPS) is 12.0. The minimum absolute atomic E-state index is 0.112. The summed E-state index contributed by atoms with van der Waals surface area (Å²) in [4.78, 5) is 0.238. The Morgan fingerprint density at radius 2 is 1.95 bits per heavy atom. The summed E-state index contributed by atoms with van der Waals surface area (Å²) in [6, 6.07) is 6.73. The number of rotatable bonds is 8. The summed E-state index contributed by atoms with van der Waals surface area (Å²) in [6.07, 6.45) is 1.67. The van der Waals surface area contributed by atoms with E-state index in [4.69, 9.17) is 10.8 Å². The molecule has 0 fully saturated rings. The molecule has 0 saturated carbocycles. The van der Waals surface area contributed by atoms with Crippen molar-refractivity contribution in [3.63, 3.8) is 0 Å². The Morgan fingerprint density at radius 3 is 2.53 bits per heavy atom. The van der Waals surface area contributed by atoms with Crippen LogP contribution in [0.15, 0.2) is 29.2 Å². The van der Waals surface area contributed by atoms with E-state index in [-0.39, 0.29) is 24.6 Å². The van der Waals surface area contributed by atoms with Gasteiger partial charge in [-0.15, -0.1) is 0 Å². The lowest BCUT2D eigenvalue weighted by molar-refractivity contribution is 0.252. The molecule has 0 aliphatic rings. The summed E-state index contributed by atoms with van der Waals surface area (Å²) in [5.74, 6) is 0. The van der Waals surface area contributed by atoms with Crippen LogP contribution in [-0.2, 0) is 16.6 Å². The van der Waals surface area contributed by atoms with Crippen molar-refractivity contribution in [1.29, 1.82) is 0 Å². The van der Waals surface area contributed by atoms with E-state index in [1.165, 1.54) is 4.31 Å². The summed E-state index contributed by atoms with van der Waals surface area (Å²) in [6.45, 7) is 2.51. The van der Waals surface area contributed by atoms with Crippen molar-refractivity contribution in [3.05, 3.63) is 29.8 Å². The van der Waals surface area contributed by atoms with Gasteiger partial charge >= 0.3 is 0 Å². The van der Waals surface area contributed by atoms with Gasteiger partial charge in [0.25, 0.3) is 0 Å². The Balaban J connectivity index is 3.11. The van der Waals surface area contributed by atoms with Crippen LogP contribution in [0, 0.1) is 0 Å². The van der Waals surface area contributed by atoms with Gasteiger partial charge in [0.2, 0.25) is 10.0 Å². The quantitative estimate of drug-likeness (QED) is 0.744. The minimum Gasteiger partial charge on any atom is -0.395 e. The number of aliphatic hydroxyl groups excluding tert-OH is 1. The Labute approximate surface area is 115 Å². The number of sulfonamides is 1. The van der Waals surface area contributed by atoms with E-state index >= 15 is 0 Å². The predicted octanol–water partition coefficient (Wildman–Crippen LogP) is 0.928. The average molecular weight is 286 g/mol. The van der Waals surface area contributed by atoms with Crippen molar-refractivity contribution in [2.24, 2.45) is 5.73 Å². The third-order valence-corrected chi connectivity index (χ3v) is 4.92. The number of hydrogen-bond donors (Lipinski definition) is 2. The second-order valence-electron chi connectivity index (χ2n) is 4.29. The summed E-state index contributed by atoms with van der Waals surface area (Å²) in [5.41, 5.74) is 6.19. The van der Waals surface area contributed by atoms with Crippen molar-refractivity contribution in [2.75, 3.05) is 19.7 Å². The maximum atomic E-state index is 12.6. The predicted molar refractivity (Wildman–Crippen MR) is 75.1 cm³/mol. The molecule has 108 valence electrons. The minimum atomic E-state index is -3.58. The number of unbranched alkanes of at least 4 members (excludes halogenated alkanes) is 1. The van der Waals surface area contributed by atoms with Crippen LogP contribution in [0.2, 0.25) is 0 Å². The molecule has 1 aromatic rings. The van der Waals surface area contributed by atoms with E-state index in [1.54, 1.807) is 24.3 Å². The molecule has 1 aromatic carbocycles. The zero-order chi connectivity index (χ0) is 14.3. The molecule has 0 unspecified atom stereocenters. The van der Waals surface area contributed by atoms with E-state index < -0.39 is 10.0 Å². The van der Waals surface area contributed by atoms with Crippen LogP contribution in [0.1, 0.15) is 25.3 Å². The largest absolute Gasteiger partial charge is 0.395 e. The second kappa shape index (κ2) is 7.59. The molecule has 0 amide bonds. The van der Waals surface area contributed by atoms with Gasteiger partial charge in [-0.1, -0.05) is 31.5 Å². The summed E-state index contributed by atoms with van der Waals surface area (Å²) < 4.78 is 26.5. The van der Waals surface area contributed by atoms with Crippen LogP contribution in [-0.4, -0.2) is 37.5 Å². The lowest BCUT2D eigenvalue weighted by atomic mass is 10.2. The topological polar surface area (TPSA) is 83.6 Å². The molecular formula is C13H22N2O3S. The average Bonchev–Trinajstić information content (AvgIpc) is 2.43. The van der Waals surface area contributed by atoms with Crippen LogP contribution in [0.5, 0.6) is 0 Å². The monoisotopic (exact) mass is 286 g/mol. The fourth-order valence-corrected chi connectivity index (χ4v) is 3.56. The van der Waals surface area contributed by atoms with E-state index in [1.807, 2.05) is 6.92 Å². The zero-order valence-electron chi connectivity index (χ0n) is 11.2. The molecule has 0 saturated heterocycles. The lowest BCUT2D eigenvalue weighted by Gasteiger charge is -2.22. The number of aliphatic hydroxyl groups is 1. The molecule has 0 atom stereocenters. The highest BCUT2D eigenvalue weighted by atomic mass is 32.2. The molecule has 3 N–H and O–H groups in total. The van der Waals surface area contributed by atoms with Gasteiger partial charge < -0.3 is 10.8 Å². The molecule has 0 heterocycles. The first-order valence-corrected chi connectivity index (χ1v) is 7.91. The molecule has 0 aliphatic heterocycles. The molecule has 0 aromatic heterocycles. The van der Waals surface area contributed by atoms with E-state index in [0.717, 1.165) is 12.8 Å². The van der Waals surface area contributed by atoms with Gasteiger partial charge in [-0.3, -0.25) is 0 Å². The van der Waals surface area contributed by atoms with Crippen LogP contribution in [0.4, 0.5) is 0 Å². The fraction of sp³-hybridized carbons (Fsp3) is 0.538. The number of nitrogens with two attached hydrogens (primary N) is 1. The fourth-order valence-electron chi connectivity index (χ4n) is 1.86. The maximum Gasteiger partial charge on any atom is 0.243 e. The number of benzene rings is 1. The highest BCUT2D eigenvalue weighted by molar-refractivity contribution is 7.89. The van der Waals surface area contributed by atoms with Crippen LogP contribution in [0.25, 0.3) is 0 Å². The summed E-state index contributed by atoms with van der Waals surface area (Å²) in [7, 11) is -3.58. The van der Waals surface area contributed by atoms with Gasteiger partial charge in [0.15, 0.2) is 0 Å². The van der Waals surface area contributed by atoms with Gasteiger partial charge in [0.05, 0.1) is 11.5 Å². The summed E-state index contributed by atoms with van der Waals surface area (Å²) >= 11 is 0. The molecule has 19 heavy (non-hydrogen) atoms. The van der Waals surface area contributed by atoms with Crippen molar-refractivity contribution in [2.45, 2.75) is 31.2 Å². The molecule has 0 radical (unpaired) electrons. The van der Waals surface area contributed by atoms with Crippen LogP contribution < -0.4 is 5.73 Å². The van der Waals surface area contributed by atoms with Gasteiger partial charge in [0.1, 0.15) is 0 Å². The van der Waals surface area contributed by atoms with Gasteiger partial charge in [-0.25, -0.2) is 8.42 Å². The van der Waals surface area contributed by atoms with E-state index in [9.17, 15) is 8.42 Å². The van der Waals surface area contributed by atoms with Crippen molar-refractivity contribution in [1.82, 2.24) is 4.31 Å². The van der Waals surface area contributed by atoms with Gasteiger partial charge in [-0.05, 0) is 18.1 Å². The molecule has 6 heteroatoms. The molecule has 0 bridgehead atoms. The van der Waals surface area contributed by atoms with Gasteiger partial charge in [0, 0.05) is 19.6 Å². The highest BCUT2D eigenvalue weighted by Gasteiger charge is 2.25. The standard InChI is InChI=1S/C13H22N2O3S/c1-2-3-8-15(9-10-16)19(17,18)13-7-5-4-6-12(13)11-14/h4-7,16H,2-3,8-11,14H2,1H3. The number of hydrogen-bond acceptors (Lipinski definition) is 4. The Bertz CT molecular complexity index is 488. The van der Waals surface area contributed by atoms with Crippen molar-refractivity contribution in [3.8, 4) is 0 Å². The second-order valence-corrected chi connectivity index (χ2v) is 6.20. The molecule has 0 aliphatic carbocycles. The SMILES string of the molecule is CCCCN(CCO)S(=O)(=O)c1ccccc1CN. The molecular weight excluding hydrogens is 264 g/mol. The van der Waals surface area contributed by atoms with Crippen molar-refractivity contribution >= 4 is 10.0 Å². The Kier molecular flexibility index (Phi) is 6.44. The molecule has 5 nitrogen and oxygen atoms in total. The number of nitrogens with zero attached hydrogens (tertiary/aromatic N) is 1. The highest BCUT2D eigenvalue weighted by Crippen LogP contribution is 2.20. The van der Waals surface area contributed by atoms with E-state index in [0.29, 0.717) is 12.1 Å². The maximum absolute atomic E-state index is 12.6. The first-order chi connectivity index (χ1) is 9.07. The first-order valence-electron chi connectivity index (χ1n) is 6.46. The molecule has 1 rings (SSSR count). The lowest BCUT2D eigenvalue weighted by Crippen LogP contribution is -2.35. The Morgan fingerprint density at radius 1 is 1.26 bits per heavy atom. The van der Waals surface area contributed by atoms with Crippen LogP contribution in [0.3, 0.4) is 0 Å².